The average Bonchev–Trinajstić information content (AvgIpc) is 3.42. The highest BCUT2D eigenvalue weighted by Gasteiger charge is 2.42. The molecule has 2 aliphatic rings. The fraction of sp³-hybridized carbons (Fsp3) is 0.400. The fourth-order valence-corrected chi connectivity index (χ4v) is 7.27. The van der Waals surface area contributed by atoms with E-state index in [0.29, 0.717) is 11.8 Å². The standard InChI is InChI=1S/C25H28ClFN2O3S/c1-3-12-29(21-9-7-20(27)8-10-21)33(31,32)24-15-19(6-11-23(24)26)25(30)28-16(2)22-14-17-4-5-18(22)13-17/h3,6-11,15-18,22H,1,4-5,12-14H2,2H3,(H,28,30)/t16-,17-,18+,22-/m1/s1. The summed E-state index contributed by atoms with van der Waals surface area (Å²) in [4.78, 5) is 12.8. The van der Waals surface area contributed by atoms with E-state index >= 15 is 0 Å². The third-order valence-electron chi connectivity index (χ3n) is 6.96. The van der Waals surface area contributed by atoms with Gasteiger partial charge in [-0.15, -0.1) is 6.58 Å². The number of halogens is 2. The van der Waals surface area contributed by atoms with Gasteiger partial charge < -0.3 is 5.32 Å². The van der Waals surface area contributed by atoms with Crippen LogP contribution in [0.25, 0.3) is 0 Å². The van der Waals surface area contributed by atoms with Crippen molar-refractivity contribution in [2.75, 3.05) is 10.8 Å². The van der Waals surface area contributed by atoms with E-state index in [4.69, 9.17) is 11.6 Å². The Labute approximate surface area is 199 Å². The van der Waals surface area contributed by atoms with Crippen molar-refractivity contribution >= 4 is 33.2 Å². The third-order valence-corrected chi connectivity index (χ3v) is 9.24. The summed E-state index contributed by atoms with van der Waals surface area (Å²) in [5.74, 6) is 1.10. The normalized spacial score (nSPS) is 22.7. The summed E-state index contributed by atoms with van der Waals surface area (Å²) >= 11 is 6.27. The van der Waals surface area contributed by atoms with Crippen LogP contribution in [0.2, 0.25) is 5.02 Å². The van der Waals surface area contributed by atoms with Crippen molar-refractivity contribution in [1.29, 1.82) is 0 Å². The SMILES string of the molecule is C=CCN(c1ccc(F)cc1)S(=O)(=O)c1cc(C(=O)N[C@H](C)[C@H]2C[C@@H]3CC[C@H]2C3)ccc1Cl. The molecule has 1 N–H and O–H groups in total. The maximum atomic E-state index is 13.5. The first kappa shape index (κ1) is 23.8. The second-order valence-corrected chi connectivity index (χ2v) is 11.3. The van der Waals surface area contributed by atoms with Gasteiger partial charge in [-0.05, 0) is 86.4 Å². The molecule has 4 atom stereocenters. The fourth-order valence-electron chi connectivity index (χ4n) is 5.33. The van der Waals surface area contributed by atoms with Crippen LogP contribution in [0.3, 0.4) is 0 Å². The number of carbonyl (C=O) groups excluding carboxylic acids is 1. The van der Waals surface area contributed by atoms with Crippen LogP contribution in [-0.4, -0.2) is 26.9 Å². The summed E-state index contributed by atoms with van der Waals surface area (Å²) in [6.07, 6.45) is 6.33. The zero-order valence-corrected chi connectivity index (χ0v) is 20.1. The molecule has 33 heavy (non-hydrogen) atoms. The molecule has 8 heteroatoms. The second kappa shape index (κ2) is 9.47. The lowest BCUT2D eigenvalue weighted by atomic mass is 9.84. The van der Waals surface area contributed by atoms with Gasteiger partial charge in [0, 0.05) is 11.6 Å². The monoisotopic (exact) mass is 490 g/mol. The maximum Gasteiger partial charge on any atom is 0.266 e. The first-order chi connectivity index (χ1) is 15.7. The Morgan fingerprint density at radius 3 is 2.58 bits per heavy atom. The van der Waals surface area contributed by atoms with Gasteiger partial charge >= 0.3 is 0 Å². The minimum atomic E-state index is -4.14. The lowest BCUT2D eigenvalue weighted by Gasteiger charge is -2.28. The number of carbonyl (C=O) groups is 1. The van der Waals surface area contributed by atoms with E-state index in [2.05, 4.69) is 11.9 Å². The molecule has 0 aromatic heterocycles. The quantitative estimate of drug-likeness (QED) is 0.503. The zero-order valence-electron chi connectivity index (χ0n) is 18.5. The first-order valence-corrected chi connectivity index (χ1v) is 13.0. The van der Waals surface area contributed by atoms with Crippen molar-refractivity contribution in [3.05, 3.63) is 71.5 Å². The highest BCUT2D eigenvalue weighted by atomic mass is 35.5. The van der Waals surface area contributed by atoms with E-state index in [9.17, 15) is 17.6 Å². The van der Waals surface area contributed by atoms with E-state index in [-0.39, 0.29) is 39.7 Å². The van der Waals surface area contributed by atoms with Gasteiger partial charge in [0.1, 0.15) is 10.7 Å². The third kappa shape index (κ3) is 4.80. The van der Waals surface area contributed by atoms with Gasteiger partial charge in [0.25, 0.3) is 15.9 Å². The van der Waals surface area contributed by atoms with Crippen molar-refractivity contribution in [3.8, 4) is 0 Å². The molecular formula is C25H28ClFN2O3S. The summed E-state index contributed by atoms with van der Waals surface area (Å²) in [6.45, 7) is 5.61. The van der Waals surface area contributed by atoms with Gasteiger partial charge in [0.05, 0.1) is 17.3 Å². The Morgan fingerprint density at radius 1 is 1.24 bits per heavy atom. The number of amides is 1. The topological polar surface area (TPSA) is 66.5 Å². The molecule has 2 aromatic carbocycles. The minimum absolute atomic E-state index is 0.00359. The van der Waals surface area contributed by atoms with Crippen molar-refractivity contribution < 1.29 is 17.6 Å². The number of hydrogen-bond donors (Lipinski definition) is 1. The number of hydrogen-bond acceptors (Lipinski definition) is 3. The summed E-state index contributed by atoms with van der Waals surface area (Å²) in [5, 5.41) is 3.07. The van der Waals surface area contributed by atoms with Gasteiger partial charge in [-0.3, -0.25) is 9.10 Å². The molecule has 0 unspecified atom stereocenters. The molecule has 2 bridgehead atoms. The molecule has 2 fully saturated rings. The molecular weight excluding hydrogens is 463 g/mol. The molecule has 2 saturated carbocycles. The number of sulfonamides is 1. The summed E-state index contributed by atoms with van der Waals surface area (Å²) < 4.78 is 41.4. The van der Waals surface area contributed by atoms with E-state index in [1.807, 2.05) is 6.92 Å². The Kier molecular flexibility index (Phi) is 6.82. The Morgan fingerprint density at radius 2 is 1.97 bits per heavy atom. The first-order valence-electron chi connectivity index (χ1n) is 11.2. The van der Waals surface area contributed by atoms with Gasteiger partial charge in [-0.1, -0.05) is 24.1 Å². The Balaban J connectivity index is 1.59. The van der Waals surface area contributed by atoms with Crippen LogP contribution in [0.4, 0.5) is 10.1 Å². The molecule has 2 aliphatic carbocycles. The van der Waals surface area contributed by atoms with E-state index in [1.54, 1.807) is 0 Å². The smallest absolute Gasteiger partial charge is 0.266 e. The van der Waals surface area contributed by atoms with Crippen LogP contribution >= 0.6 is 11.6 Å². The van der Waals surface area contributed by atoms with E-state index in [0.717, 1.165) is 16.6 Å². The van der Waals surface area contributed by atoms with Crippen LogP contribution in [0.15, 0.2) is 60.0 Å². The molecule has 176 valence electrons. The molecule has 0 spiro atoms. The highest BCUT2D eigenvalue weighted by Crippen LogP contribution is 2.49. The Bertz CT molecular complexity index is 1150. The van der Waals surface area contributed by atoms with Crippen molar-refractivity contribution in [2.45, 2.75) is 43.5 Å². The van der Waals surface area contributed by atoms with Gasteiger partial charge in [-0.25, -0.2) is 12.8 Å². The zero-order chi connectivity index (χ0) is 23.8. The van der Waals surface area contributed by atoms with Crippen LogP contribution in [0.1, 0.15) is 43.0 Å². The second-order valence-electron chi connectivity index (χ2n) is 9.05. The van der Waals surface area contributed by atoms with Crippen molar-refractivity contribution in [1.82, 2.24) is 5.32 Å². The van der Waals surface area contributed by atoms with Crippen LogP contribution in [-0.2, 0) is 10.0 Å². The molecule has 5 nitrogen and oxygen atoms in total. The predicted molar refractivity (Wildman–Crippen MR) is 128 cm³/mol. The average molecular weight is 491 g/mol. The van der Waals surface area contributed by atoms with E-state index in [1.165, 1.54) is 67.8 Å². The van der Waals surface area contributed by atoms with Gasteiger partial charge in [-0.2, -0.15) is 0 Å². The molecule has 0 heterocycles. The van der Waals surface area contributed by atoms with Crippen LogP contribution in [0.5, 0.6) is 0 Å². The largest absolute Gasteiger partial charge is 0.349 e. The summed E-state index contributed by atoms with van der Waals surface area (Å²) in [6, 6.07) is 9.38. The number of fused-ring (bicyclic) bond motifs is 2. The molecule has 0 radical (unpaired) electrons. The predicted octanol–water partition coefficient (Wildman–Crippen LogP) is 5.41. The number of anilines is 1. The molecule has 2 aromatic rings. The summed E-state index contributed by atoms with van der Waals surface area (Å²) in [5.41, 5.74) is 0.498. The summed E-state index contributed by atoms with van der Waals surface area (Å²) in [7, 11) is -4.14. The number of benzene rings is 2. The lowest BCUT2D eigenvalue weighted by molar-refractivity contribution is 0.0915. The van der Waals surface area contributed by atoms with Crippen molar-refractivity contribution in [3.63, 3.8) is 0 Å². The minimum Gasteiger partial charge on any atom is -0.349 e. The molecule has 0 saturated heterocycles. The van der Waals surface area contributed by atoms with E-state index < -0.39 is 15.8 Å². The Hall–Kier alpha value is -2.38. The molecule has 4 rings (SSSR count). The molecule has 0 aliphatic heterocycles. The van der Waals surface area contributed by atoms with Gasteiger partial charge in [0.2, 0.25) is 0 Å². The molecule has 1 amide bonds. The lowest BCUT2D eigenvalue weighted by Crippen LogP contribution is -2.40. The number of nitrogens with one attached hydrogen (secondary N) is 1. The van der Waals surface area contributed by atoms with Crippen LogP contribution < -0.4 is 9.62 Å². The number of rotatable bonds is 8. The van der Waals surface area contributed by atoms with Gasteiger partial charge in [0.15, 0.2) is 0 Å². The van der Waals surface area contributed by atoms with Crippen molar-refractivity contribution in [2.24, 2.45) is 17.8 Å². The highest BCUT2D eigenvalue weighted by molar-refractivity contribution is 7.93. The van der Waals surface area contributed by atoms with Crippen LogP contribution in [0, 0.1) is 23.6 Å². The maximum absolute atomic E-state index is 13.5. The number of nitrogens with zero attached hydrogens (tertiary/aromatic N) is 1.